The molecular weight excluding hydrogens is 587 g/mol. The molecule has 0 saturated heterocycles. The van der Waals surface area contributed by atoms with Crippen LogP contribution in [0, 0.1) is 11.8 Å². The van der Waals surface area contributed by atoms with Crippen LogP contribution in [0.5, 0.6) is 5.75 Å². The van der Waals surface area contributed by atoms with Crippen molar-refractivity contribution in [3.8, 4) is 28.2 Å². The standard InChI is InChI=1S/C31H29N5O5S2/c1-34(15-17-40-21-9-5-3-4-6-10-21)28-26(29(37)38)32-27(43-28)20-13-14-24-23(19-20)36(16-18-41-24)30(39)33-31-35(2)22-11-7-8-12-25(22)42-31/h3,5,7-9,11-14,19,31H,10,15-18H2,1-2H3,(H,33,39)(H,37,38). The SMILES string of the molecule is CN(CCOC1=CC=CC#CC1)c1sc(-c2ccc3c(c2)N(C(=O)NC2Sc4ccccc4N2C)CCO3)nc1C(=O)O. The van der Waals surface area contributed by atoms with Gasteiger partial charge in [-0.3, -0.25) is 4.90 Å². The number of carboxylic acids is 1. The molecule has 220 valence electrons. The maximum absolute atomic E-state index is 13.5. The van der Waals surface area contributed by atoms with Gasteiger partial charge < -0.3 is 29.7 Å². The number of anilines is 3. The number of aromatic nitrogens is 1. The van der Waals surface area contributed by atoms with E-state index in [0.717, 1.165) is 16.3 Å². The molecule has 2 amide bonds. The molecule has 43 heavy (non-hydrogen) atoms. The van der Waals surface area contributed by atoms with E-state index in [-0.39, 0.29) is 17.2 Å². The lowest BCUT2D eigenvalue weighted by Gasteiger charge is -2.32. The van der Waals surface area contributed by atoms with Crippen LogP contribution in [0.1, 0.15) is 16.9 Å². The van der Waals surface area contributed by atoms with Crippen molar-refractivity contribution in [3.05, 3.63) is 72.1 Å². The van der Waals surface area contributed by atoms with E-state index >= 15 is 0 Å². The summed E-state index contributed by atoms with van der Waals surface area (Å²) in [6.45, 7) is 1.56. The summed E-state index contributed by atoms with van der Waals surface area (Å²) < 4.78 is 11.7. The smallest absolute Gasteiger partial charge is 0.357 e. The van der Waals surface area contributed by atoms with E-state index in [1.165, 1.54) is 11.3 Å². The number of aromatic carboxylic acids is 1. The van der Waals surface area contributed by atoms with E-state index in [2.05, 4.69) is 22.1 Å². The average molecular weight is 616 g/mol. The Hall–Kier alpha value is -4.60. The molecule has 12 heteroatoms. The van der Waals surface area contributed by atoms with Crippen molar-refractivity contribution >= 4 is 51.5 Å². The minimum atomic E-state index is -1.11. The molecule has 1 aromatic heterocycles. The zero-order valence-electron chi connectivity index (χ0n) is 23.6. The quantitative estimate of drug-likeness (QED) is 0.329. The fourth-order valence-corrected chi connectivity index (χ4v) is 7.06. The molecular formula is C31H29N5O5S2. The Morgan fingerprint density at radius 2 is 2.12 bits per heavy atom. The first-order valence-corrected chi connectivity index (χ1v) is 15.3. The second-order valence-corrected chi connectivity index (χ2v) is 12.0. The summed E-state index contributed by atoms with van der Waals surface area (Å²) >= 11 is 2.87. The van der Waals surface area contributed by atoms with Crippen molar-refractivity contribution in [2.75, 3.05) is 55.1 Å². The molecule has 2 N–H and O–H groups in total. The van der Waals surface area contributed by atoms with Crippen LogP contribution in [0.2, 0.25) is 0 Å². The van der Waals surface area contributed by atoms with Crippen LogP contribution in [0.3, 0.4) is 0 Å². The number of hydrogen-bond acceptors (Lipinski definition) is 9. The number of benzene rings is 2. The number of hydrogen-bond donors (Lipinski definition) is 2. The Bertz CT molecular complexity index is 1690. The van der Waals surface area contributed by atoms with E-state index in [9.17, 15) is 14.7 Å². The number of nitrogens with zero attached hydrogens (tertiary/aromatic N) is 4. The monoisotopic (exact) mass is 615 g/mol. The first-order valence-electron chi connectivity index (χ1n) is 13.6. The van der Waals surface area contributed by atoms with E-state index in [1.807, 2.05) is 72.4 Å². The molecule has 3 aliphatic rings. The number of ether oxygens (including phenoxy) is 2. The summed E-state index contributed by atoms with van der Waals surface area (Å²) in [5.41, 5.74) is 2.09. The number of thioether (sulfide) groups is 1. The molecule has 3 aromatic rings. The highest BCUT2D eigenvalue weighted by atomic mass is 32.2. The summed E-state index contributed by atoms with van der Waals surface area (Å²) in [4.78, 5) is 36.8. The minimum Gasteiger partial charge on any atom is -0.495 e. The molecule has 0 spiro atoms. The topological polar surface area (TPSA) is 107 Å². The summed E-state index contributed by atoms with van der Waals surface area (Å²) in [5.74, 6) is 6.14. The lowest BCUT2D eigenvalue weighted by molar-refractivity contribution is 0.0692. The maximum Gasteiger partial charge on any atom is 0.357 e. The van der Waals surface area contributed by atoms with Crippen LogP contribution in [0.15, 0.2) is 71.3 Å². The van der Waals surface area contributed by atoms with Gasteiger partial charge in [0.1, 0.15) is 34.7 Å². The van der Waals surface area contributed by atoms with Gasteiger partial charge >= 0.3 is 12.0 Å². The summed E-state index contributed by atoms with van der Waals surface area (Å²) in [5, 5.41) is 14.1. The zero-order chi connectivity index (χ0) is 29.9. The molecule has 3 heterocycles. The Morgan fingerprint density at radius 1 is 1.26 bits per heavy atom. The van der Waals surface area contributed by atoms with Gasteiger partial charge in [0.05, 0.1) is 30.9 Å². The third-order valence-corrected chi connectivity index (χ3v) is 9.57. The molecule has 2 aliphatic heterocycles. The highest BCUT2D eigenvalue weighted by Crippen LogP contribution is 2.42. The minimum absolute atomic E-state index is 0.0330. The first-order chi connectivity index (χ1) is 20.9. The Kier molecular flexibility index (Phi) is 8.18. The largest absolute Gasteiger partial charge is 0.495 e. The number of para-hydroxylation sites is 1. The normalized spacial score (nSPS) is 16.6. The molecule has 1 atom stereocenters. The molecule has 0 radical (unpaired) electrons. The van der Waals surface area contributed by atoms with Crippen LogP contribution in [-0.4, -0.2) is 68.0 Å². The lowest BCUT2D eigenvalue weighted by Crippen LogP contribution is -2.50. The third-order valence-electron chi connectivity index (χ3n) is 7.10. The van der Waals surface area contributed by atoms with Crippen molar-refractivity contribution in [2.45, 2.75) is 16.8 Å². The predicted octanol–water partition coefficient (Wildman–Crippen LogP) is 5.24. The van der Waals surface area contributed by atoms with Crippen LogP contribution >= 0.6 is 23.1 Å². The molecule has 0 saturated carbocycles. The molecule has 10 nitrogen and oxygen atoms in total. The number of nitrogens with one attached hydrogen (secondary N) is 1. The number of fused-ring (bicyclic) bond motifs is 2. The highest BCUT2D eigenvalue weighted by Gasteiger charge is 2.32. The van der Waals surface area contributed by atoms with E-state index in [0.29, 0.717) is 59.7 Å². The van der Waals surface area contributed by atoms with E-state index in [1.54, 1.807) is 28.8 Å². The predicted molar refractivity (Wildman–Crippen MR) is 169 cm³/mol. The van der Waals surface area contributed by atoms with Crippen LogP contribution < -0.4 is 24.8 Å². The van der Waals surface area contributed by atoms with Crippen molar-refractivity contribution in [2.24, 2.45) is 0 Å². The van der Waals surface area contributed by atoms with Crippen LogP contribution in [0.4, 0.5) is 21.2 Å². The summed E-state index contributed by atoms with van der Waals surface area (Å²) in [7, 11) is 3.77. The number of carbonyl (C=O) groups is 2. The van der Waals surface area contributed by atoms with Gasteiger partial charge in [-0.05, 0) is 42.5 Å². The highest BCUT2D eigenvalue weighted by molar-refractivity contribution is 8.00. The second-order valence-electron chi connectivity index (χ2n) is 9.92. The van der Waals surface area contributed by atoms with Crippen LogP contribution in [-0.2, 0) is 4.74 Å². The lowest BCUT2D eigenvalue weighted by atomic mass is 10.1. The molecule has 2 aromatic carbocycles. The molecule has 0 bridgehead atoms. The van der Waals surface area contributed by atoms with Gasteiger partial charge in [-0.15, -0.1) is 0 Å². The van der Waals surface area contributed by atoms with Crippen molar-refractivity contribution < 1.29 is 24.2 Å². The summed E-state index contributed by atoms with van der Waals surface area (Å²) in [6, 6.07) is 13.3. The molecule has 1 aliphatic carbocycles. The van der Waals surface area contributed by atoms with Gasteiger partial charge in [-0.1, -0.05) is 53.1 Å². The van der Waals surface area contributed by atoms with Crippen molar-refractivity contribution in [3.63, 3.8) is 0 Å². The van der Waals surface area contributed by atoms with Crippen LogP contribution in [0.25, 0.3) is 10.6 Å². The number of urea groups is 1. The molecule has 1 unspecified atom stereocenters. The van der Waals surface area contributed by atoms with Crippen molar-refractivity contribution in [1.82, 2.24) is 10.3 Å². The number of carbonyl (C=O) groups excluding carboxylic acids is 1. The Balaban J connectivity index is 1.19. The van der Waals surface area contributed by atoms with Gasteiger partial charge in [0.2, 0.25) is 0 Å². The number of rotatable bonds is 8. The van der Waals surface area contributed by atoms with Gasteiger partial charge in [-0.25, -0.2) is 14.6 Å². The number of carboxylic acid groups (broad SMARTS) is 1. The maximum atomic E-state index is 13.5. The first kappa shape index (κ1) is 28.5. The van der Waals surface area contributed by atoms with Gasteiger partial charge in [0.25, 0.3) is 0 Å². The second kappa shape index (κ2) is 12.3. The summed E-state index contributed by atoms with van der Waals surface area (Å²) in [6.07, 6.45) is 6.01. The average Bonchev–Trinajstić information content (AvgIpc) is 3.49. The van der Waals surface area contributed by atoms with Gasteiger partial charge in [-0.2, -0.15) is 0 Å². The zero-order valence-corrected chi connectivity index (χ0v) is 25.2. The number of thiazole rings is 1. The fraction of sp³-hybridized carbons (Fsp3) is 0.258. The molecule has 0 fully saturated rings. The van der Waals surface area contributed by atoms with E-state index in [4.69, 9.17) is 9.47 Å². The Labute approximate surface area is 257 Å². The Morgan fingerprint density at radius 3 is 2.95 bits per heavy atom. The van der Waals surface area contributed by atoms with Gasteiger partial charge in [0.15, 0.2) is 11.2 Å². The van der Waals surface area contributed by atoms with Crippen molar-refractivity contribution in [1.29, 1.82) is 0 Å². The third kappa shape index (κ3) is 6.00. The fourth-order valence-electron chi connectivity index (χ4n) is 4.85. The van der Waals surface area contributed by atoms with E-state index < -0.39 is 5.97 Å². The number of likely N-dealkylation sites (N-methyl/N-ethyl adjacent to an activating group) is 1. The number of allylic oxidation sites excluding steroid dienone is 4. The molecule has 6 rings (SSSR count). The van der Waals surface area contributed by atoms with Gasteiger partial charge in [0, 0.05) is 24.6 Å². The number of amides is 2.